The van der Waals surface area contributed by atoms with Crippen LogP contribution in [0.25, 0.3) is 0 Å². The van der Waals surface area contributed by atoms with E-state index in [1.54, 1.807) is 6.20 Å². The van der Waals surface area contributed by atoms with E-state index in [0.29, 0.717) is 0 Å². The summed E-state index contributed by atoms with van der Waals surface area (Å²) in [6.45, 7) is 5.20. The fourth-order valence-corrected chi connectivity index (χ4v) is 1.44. The van der Waals surface area contributed by atoms with Crippen LogP contribution in [-0.2, 0) is 0 Å². The van der Waals surface area contributed by atoms with Crippen molar-refractivity contribution in [2.45, 2.75) is 33.1 Å². The zero-order chi connectivity index (χ0) is 10.4. The molecular weight excluding hydrogens is 194 g/mol. The van der Waals surface area contributed by atoms with Gasteiger partial charge in [-0.05, 0) is 12.8 Å². The molecule has 0 amide bonds. The van der Waals surface area contributed by atoms with E-state index in [9.17, 15) is 0 Å². The molecule has 0 aliphatic carbocycles. The molecule has 1 heterocycles. The van der Waals surface area contributed by atoms with Crippen LogP contribution < -0.4 is 4.90 Å². The van der Waals surface area contributed by atoms with E-state index in [1.807, 2.05) is 6.20 Å². The van der Waals surface area contributed by atoms with Gasteiger partial charge in [-0.1, -0.05) is 32.5 Å². The van der Waals surface area contributed by atoms with Crippen LogP contribution in [0.3, 0.4) is 0 Å². The lowest BCUT2D eigenvalue weighted by Gasteiger charge is -2.21. The number of rotatable bonds is 5. The highest BCUT2D eigenvalue weighted by molar-refractivity contribution is 7.80. The fourth-order valence-electron chi connectivity index (χ4n) is 1.26. The van der Waals surface area contributed by atoms with Crippen molar-refractivity contribution in [1.82, 2.24) is 9.97 Å². The van der Waals surface area contributed by atoms with Crippen LogP contribution in [0, 0.1) is 0 Å². The summed E-state index contributed by atoms with van der Waals surface area (Å²) in [5.74, 6) is 0.866. The molecule has 0 radical (unpaired) electrons. The van der Waals surface area contributed by atoms with Crippen molar-refractivity contribution in [1.29, 1.82) is 0 Å². The summed E-state index contributed by atoms with van der Waals surface area (Å²) >= 11 is 5.30. The smallest absolute Gasteiger partial charge is 0.207 e. The third-order valence-corrected chi connectivity index (χ3v) is 2.59. The molecule has 0 fully saturated rings. The third kappa shape index (κ3) is 2.80. The van der Waals surface area contributed by atoms with Crippen molar-refractivity contribution >= 4 is 23.2 Å². The van der Waals surface area contributed by atoms with Gasteiger partial charge in [-0.25, -0.2) is 4.98 Å². The van der Waals surface area contributed by atoms with Crippen LogP contribution in [-0.4, -0.2) is 21.5 Å². The first-order valence-corrected chi connectivity index (χ1v) is 5.50. The monoisotopic (exact) mass is 211 g/mol. The Kier molecular flexibility index (Phi) is 4.59. The highest BCUT2D eigenvalue weighted by atomic mass is 32.1. The molecule has 0 aliphatic heterocycles. The van der Waals surface area contributed by atoms with Crippen molar-refractivity contribution in [3.63, 3.8) is 0 Å². The molecule has 1 N–H and O–H groups in total. The van der Waals surface area contributed by atoms with Gasteiger partial charge in [-0.3, -0.25) is 0 Å². The van der Waals surface area contributed by atoms with Gasteiger partial charge in [0, 0.05) is 18.9 Å². The van der Waals surface area contributed by atoms with Crippen molar-refractivity contribution in [3.8, 4) is 0 Å². The standard InChI is InChI=1S/C10H17N3S/c1-3-5-8-13(9(14)4-2)10-11-6-7-12-10/h6-7H,3-5,8H2,1-2H3,(H,11,12). The largest absolute Gasteiger partial charge is 0.331 e. The average molecular weight is 211 g/mol. The Labute approximate surface area is 90.5 Å². The number of thiocarbonyl (C=S) groups is 1. The van der Waals surface area contributed by atoms with Crippen molar-refractivity contribution in [3.05, 3.63) is 12.4 Å². The Bertz CT molecular complexity index is 269. The van der Waals surface area contributed by atoms with Crippen LogP contribution in [0.1, 0.15) is 33.1 Å². The molecule has 0 aliphatic rings. The van der Waals surface area contributed by atoms with Gasteiger partial charge in [0.15, 0.2) is 0 Å². The lowest BCUT2D eigenvalue weighted by molar-refractivity contribution is 0.783. The number of nitrogens with one attached hydrogen (secondary N) is 1. The second-order valence-corrected chi connectivity index (χ2v) is 3.64. The molecule has 4 heteroatoms. The van der Waals surface area contributed by atoms with Crippen LogP contribution in [0.4, 0.5) is 5.95 Å². The topological polar surface area (TPSA) is 31.9 Å². The minimum Gasteiger partial charge on any atom is -0.331 e. The molecule has 78 valence electrons. The molecule has 0 bridgehead atoms. The van der Waals surface area contributed by atoms with Gasteiger partial charge in [0.05, 0.1) is 4.99 Å². The molecule has 1 aromatic rings. The van der Waals surface area contributed by atoms with E-state index in [4.69, 9.17) is 12.2 Å². The van der Waals surface area contributed by atoms with E-state index < -0.39 is 0 Å². The predicted molar refractivity (Wildman–Crippen MR) is 63.7 cm³/mol. The Morgan fingerprint density at radius 1 is 1.57 bits per heavy atom. The normalized spacial score (nSPS) is 10.1. The zero-order valence-electron chi connectivity index (χ0n) is 8.79. The first kappa shape index (κ1) is 11.2. The molecule has 0 saturated carbocycles. The van der Waals surface area contributed by atoms with Gasteiger partial charge in [-0.15, -0.1) is 0 Å². The number of H-pyrrole nitrogens is 1. The molecule has 14 heavy (non-hydrogen) atoms. The van der Waals surface area contributed by atoms with Gasteiger partial charge in [0.2, 0.25) is 5.95 Å². The maximum atomic E-state index is 5.30. The molecule has 0 saturated heterocycles. The van der Waals surface area contributed by atoms with Crippen LogP contribution in [0.2, 0.25) is 0 Å². The van der Waals surface area contributed by atoms with E-state index in [2.05, 4.69) is 28.7 Å². The van der Waals surface area contributed by atoms with Crippen molar-refractivity contribution < 1.29 is 0 Å². The third-order valence-electron chi connectivity index (χ3n) is 2.08. The number of anilines is 1. The summed E-state index contributed by atoms with van der Waals surface area (Å²) in [4.78, 5) is 10.3. The van der Waals surface area contributed by atoms with E-state index in [-0.39, 0.29) is 0 Å². The molecule has 0 aromatic carbocycles. The number of nitrogens with zero attached hydrogens (tertiary/aromatic N) is 2. The summed E-state index contributed by atoms with van der Waals surface area (Å²) < 4.78 is 0. The van der Waals surface area contributed by atoms with Gasteiger partial charge in [0.25, 0.3) is 0 Å². The van der Waals surface area contributed by atoms with Gasteiger partial charge >= 0.3 is 0 Å². The van der Waals surface area contributed by atoms with E-state index in [1.165, 1.54) is 6.42 Å². The molecule has 3 nitrogen and oxygen atoms in total. The fraction of sp³-hybridized carbons (Fsp3) is 0.600. The Balaban J connectivity index is 2.67. The molecule has 1 rings (SSSR count). The molecule has 0 atom stereocenters. The number of aromatic nitrogens is 2. The van der Waals surface area contributed by atoms with E-state index >= 15 is 0 Å². The SMILES string of the molecule is CCCCN(C(=S)CC)c1ncc[nH]1. The summed E-state index contributed by atoms with van der Waals surface area (Å²) in [6.07, 6.45) is 6.78. The molecule has 0 spiro atoms. The Hall–Kier alpha value is -0.900. The second-order valence-electron chi connectivity index (χ2n) is 3.17. The van der Waals surface area contributed by atoms with Crippen molar-refractivity contribution in [2.75, 3.05) is 11.4 Å². The van der Waals surface area contributed by atoms with E-state index in [0.717, 1.165) is 30.3 Å². The van der Waals surface area contributed by atoms with Gasteiger partial charge in [0.1, 0.15) is 0 Å². The summed E-state index contributed by atoms with van der Waals surface area (Å²) in [7, 11) is 0. The maximum Gasteiger partial charge on any atom is 0.207 e. The molecule has 0 unspecified atom stereocenters. The van der Waals surface area contributed by atoms with Crippen LogP contribution in [0.5, 0.6) is 0 Å². The summed E-state index contributed by atoms with van der Waals surface area (Å²) in [5, 5.41) is 0. The van der Waals surface area contributed by atoms with Crippen LogP contribution in [0.15, 0.2) is 12.4 Å². The highest BCUT2D eigenvalue weighted by Gasteiger charge is 2.11. The lowest BCUT2D eigenvalue weighted by Crippen LogP contribution is -2.30. The Morgan fingerprint density at radius 3 is 2.86 bits per heavy atom. The zero-order valence-corrected chi connectivity index (χ0v) is 9.60. The quantitative estimate of drug-likeness (QED) is 0.760. The minimum atomic E-state index is 0.866. The number of hydrogen-bond acceptors (Lipinski definition) is 2. The maximum absolute atomic E-state index is 5.30. The summed E-state index contributed by atoms with van der Waals surface area (Å²) in [5.41, 5.74) is 0. The van der Waals surface area contributed by atoms with Gasteiger partial charge < -0.3 is 9.88 Å². The number of imidazole rings is 1. The second kappa shape index (κ2) is 5.75. The first-order chi connectivity index (χ1) is 6.79. The first-order valence-electron chi connectivity index (χ1n) is 5.09. The minimum absolute atomic E-state index is 0.866. The average Bonchev–Trinajstić information content (AvgIpc) is 2.71. The van der Waals surface area contributed by atoms with Crippen LogP contribution >= 0.6 is 12.2 Å². The lowest BCUT2D eigenvalue weighted by atomic mass is 10.3. The highest BCUT2D eigenvalue weighted by Crippen LogP contribution is 2.10. The number of hydrogen-bond donors (Lipinski definition) is 1. The Morgan fingerprint density at radius 2 is 2.36 bits per heavy atom. The van der Waals surface area contributed by atoms with Gasteiger partial charge in [-0.2, -0.15) is 0 Å². The number of unbranched alkanes of at least 4 members (excludes halogenated alkanes) is 1. The van der Waals surface area contributed by atoms with Crippen molar-refractivity contribution in [2.24, 2.45) is 0 Å². The summed E-state index contributed by atoms with van der Waals surface area (Å²) in [6, 6.07) is 0. The predicted octanol–water partition coefficient (Wildman–Crippen LogP) is 2.75. The molecular formula is C10H17N3S. The number of aromatic amines is 1. The molecule has 1 aromatic heterocycles.